The van der Waals surface area contributed by atoms with Crippen molar-refractivity contribution in [1.29, 1.82) is 0 Å². The molecule has 2 unspecified atom stereocenters. The molecule has 0 bridgehead atoms. The number of Topliss-reactive ketones (excluding diaryl/α,β-unsaturated/α-hetero) is 1. The number of ether oxygens (including phenoxy) is 1. The second-order valence-electron chi connectivity index (χ2n) is 10.3. The summed E-state index contributed by atoms with van der Waals surface area (Å²) in [5.41, 5.74) is 1.45. The lowest BCUT2D eigenvalue weighted by Gasteiger charge is -2.20. The van der Waals surface area contributed by atoms with Gasteiger partial charge in [0.05, 0.1) is 18.8 Å². The highest BCUT2D eigenvalue weighted by atomic mass is 16.5. The van der Waals surface area contributed by atoms with E-state index < -0.39 is 6.04 Å². The summed E-state index contributed by atoms with van der Waals surface area (Å²) in [5, 5.41) is 12.8. The van der Waals surface area contributed by atoms with Gasteiger partial charge in [-0.25, -0.2) is 4.98 Å². The molecule has 5 rings (SSSR count). The Morgan fingerprint density at radius 1 is 1.03 bits per heavy atom. The minimum absolute atomic E-state index is 0.0964. The van der Waals surface area contributed by atoms with E-state index >= 15 is 0 Å². The van der Waals surface area contributed by atoms with Crippen LogP contribution < -0.4 is 10.1 Å². The Morgan fingerprint density at radius 3 is 2.42 bits per heavy atom. The van der Waals surface area contributed by atoms with Crippen molar-refractivity contribution in [3.8, 4) is 5.88 Å². The SMILES string of the molecule is O=C(N[C@@H](CC1CC1)C(=O)CC1CCC(O)C1)c1ccc(C2CC2)c(OCC2CC2)n1. The molecule has 2 N–H and O–H groups in total. The predicted molar refractivity (Wildman–Crippen MR) is 116 cm³/mol. The van der Waals surface area contributed by atoms with E-state index in [4.69, 9.17) is 4.74 Å². The number of aromatic nitrogens is 1. The second-order valence-corrected chi connectivity index (χ2v) is 10.3. The smallest absolute Gasteiger partial charge is 0.270 e. The molecule has 4 aliphatic carbocycles. The molecule has 0 aliphatic heterocycles. The molecule has 1 aromatic heterocycles. The fourth-order valence-corrected chi connectivity index (χ4v) is 4.73. The summed E-state index contributed by atoms with van der Waals surface area (Å²) in [6.07, 6.45) is 10.2. The molecule has 4 aliphatic rings. The van der Waals surface area contributed by atoms with E-state index in [0.717, 1.165) is 44.1 Å². The van der Waals surface area contributed by atoms with Gasteiger partial charge in [-0.05, 0) is 81.1 Å². The van der Waals surface area contributed by atoms with Crippen molar-refractivity contribution in [1.82, 2.24) is 10.3 Å². The zero-order valence-corrected chi connectivity index (χ0v) is 18.2. The van der Waals surface area contributed by atoms with E-state index in [1.807, 2.05) is 6.07 Å². The van der Waals surface area contributed by atoms with Crippen molar-refractivity contribution >= 4 is 11.7 Å². The van der Waals surface area contributed by atoms with Crippen LogP contribution in [0.5, 0.6) is 5.88 Å². The van der Waals surface area contributed by atoms with Gasteiger partial charge in [0.2, 0.25) is 5.88 Å². The molecule has 3 atom stereocenters. The van der Waals surface area contributed by atoms with Crippen LogP contribution in [0.25, 0.3) is 0 Å². The Labute approximate surface area is 184 Å². The normalized spacial score (nSPS) is 26.5. The van der Waals surface area contributed by atoms with Gasteiger partial charge in [-0.15, -0.1) is 0 Å². The van der Waals surface area contributed by atoms with E-state index in [1.54, 1.807) is 6.07 Å². The topological polar surface area (TPSA) is 88.5 Å². The fraction of sp³-hybridized carbons (Fsp3) is 0.720. The van der Waals surface area contributed by atoms with Crippen molar-refractivity contribution in [2.24, 2.45) is 17.8 Å². The molecule has 0 radical (unpaired) electrons. The highest BCUT2D eigenvalue weighted by Crippen LogP contribution is 2.44. The highest BCUT2D eigenvalue weighted by molar-refractivity contribution is 5.96. The monoisotopic (exact) mass is 426 g/mol. The van der Waals surface area contributed by atoms with Gasteiger partial charge in [-0.2, -0.15) is 0 Å². The molecular formula is C25H34N2O4. The molecular weight excluding hydrogens is 392 g/mol. The molecule has 0 aromatic carbocycles. The summed E-state index contributed by atoms with van der Waals surface area (Å²) >= 11 is 0. The lowest BCUT2D eigenvalue weighted by molar-refractivity contribution is -0.122. The summed E-state index contributed by atoms with van der Waals surface area (Å²) < 4.78 is 6.00. The summed E-state index contributed by atoms with van der Waals surface area (Å²) in [6, 6.07) is 3.30. The largest absolute Gasteiger partial charge is 0.477 e. The van der Waals surface area contributed by atoms with Crippen molar-refractivity contribution in [3.63, 3.8) is 0 Å². The van der Waals surface area contributed by atoms with Crippen LogP contribution in [0.2, 0.25) is 0 Å². The maximum absolute atomic E-state index is 13.0. The van der Waals surface area contributed by atoms with Crippen LogP contribution in [-0.4, -0.2) is 40.5 Å². The number of pyridine rings is 1. The predicted octanol–water partition coefficient (Wildman–Crippen LogP) is 3.77. The van der Waals surface area contributed by atoms with Gasteiger partial charge < -0.3 is 15.2 Å². The van der Waals surface area contributed by atoms with Crippen LogP contribution >= 0.6 is 0 Å². The lowest BCUT2D eigenvalue weighted by atomic mass is 9.94. The quantitative estimate of drug-likeness (QED) is 0.562. The Bertz CT molecular complexity index is 829. The first-order valence-corrected chi connectivity index (χ1v) is 12.2. The molecule has 6 nitrogen and oxygen atoms in total. The molecule has 31 heavy (non-hydrogen) atoms. The van der Waals surface area contributed by atoms with E-state index in [-0.39, 0.29) is 23.7 Å². The van der Waals surface area contributed by atoms with E-state index in [1.165, 1.54) is 12.8 Å². The van der Waals surface area contributed by atoms with Gasteiger partial charge >= 0.3 is 0 Å². The van der Waals surface area contributed by atoms with Crippen LogP contribution in [-0.2, 0) is 4.79 Å². The number of nitrogens with zero attached hydrogens (tertiary/aromatic N) is 1. The molecule has 1 amide bonds. The minimum Gasteiger partial charge on any atom is -0.477 e. The maximum Gasteiger partial charge on any atom is 0.270 e. The van der Waals surface area contributed by atoms with Crippen LogP contribution in [0, 0.1) is 17.8 Å². The first kappa shape index (κ1) is 20.9. The Hall–Kier alpha value is -1.95. The first-order chi connectivity index (χ1) is 15.0. The summed E-state index contributed by atoms with van der Waals surface area (Å²) in [4.78, 5) is 30.6. The summed E-state index contributed by atoms with van der Waals surface area (Å²) in [7, 11) is 0. The van der Waals surface area contributed by atoms with Crippen molar-refractivity contribution in [3.05, 3.63) is 23.4 Å². The van der Waals surface area contributed by atoms with Gasteiger partial charge in [-0.1, -0.05) is 18.9 Å². The summed E-state index contributed by atoms with van der Waals surface area (Å²) in [6.45, 7) is 0.674. The Balaban J connectivity index is 1.25. The van der Waals surface area contributed by atoms with Crippen LogP contribution in [0.15, 0.2) is 12.1 Å². The lowest BCUT2D eigenvalue weighted by Crippen LogP contribution is -2.42. The van der Waals surface area contributed by atoms with Crippen molar-refractivity contribution < 1.29 is 19.4 Å². The second kappa shape index (κ2) is 8.89. The average Bonchev–Trinajstić information content (AvgIpc) is 3.60. The van der Waals surface area contributed by atoms with E-state index in [0.29, 0.717) is 55.2 Å². The zero-order chi connectivity index (χ0) is 21.4. The van der Waals surface area contributed by atoms with E-state index in [9.17, 15) is 14.7 Å². The highest BCUT2D eigenvalue weighted by Gasteiger charge is 2.34. The number of carbonyl (C=O) groups is 2. The van der Waals surface area contributed by atoms with E-state index in [2.05, 4.69) is 10.3 Å². The third kappa shape index (κ3) is 5.65. The number of hydrogen-bond acceptors (Lipinski definition) is 5. The number of aliphatic hydroxyl groups is 1. The number of hydrogen-bond donors (Lipinski definition) is 2. The Kier molecular flexibility index (Phi) is 6.00. The molecule has 6 heteroatoms. The standard InChI is InChI=1S/C25H34N2O4/c28-19-8-5-17(11-19)13-23(29)22(12-15-1-2-15)26-24(30)21-10-9-20(18-6-7-18)25(27-21)31-14-16-3-4-16/h9-10,15-19,22,28H,1-8,11-14H2,(H,26,30)/t17?,19?,22-/m0/s1. The number of amides is 1. The minimum atomic E-state index is -0.460. The fourth-order valence-electron chi connectivity index (χ4n) is 4.73. The Morgan fingerprint density at radius 2 is 1.77 bits per heavy atom. The van der Waals surface area contributed by atoms with Gasteiger partial charge in [0.25, 0.3) is 5.91 Å². The van der Waals surface area contributed by atoms with Crippen molar-refractivity contribution in [2.45, 2.75) is 88.7 Å². The van der Waals surface area contributed by atoms with Crippen LogP contribution in [0.3, 0.4) is 0 Å². The number of aliphatic hydroxyl groups excluding tert-OH is 1. The maximum atomic E-state index is 13.0. The molecule has 1 heterocycles. The van der Waals surface area contributed by atoms with Crippen LogP contribution in [0.4, 0.5) is 0 Å². The van der Waals surface area contributed by atoms with Gasteiger partial charge in [0.1, 0.15) is 5.69 Å². The van der Waals surface area contributed by atoms with Gasteiger partial charge in [-0.3, -0.25) is 9.59 Å². The molecule has 168 valence electrons. The number of ketones is 1. The third-order valence-corrected chi connectivity index (χ3v) is 7.26. The molecule has 1 aromatic rings. The van der Waals surface area contributed by atoms with Gasteiger partial charge in [0.15, 0.2) is 5.78 Å². The van der Waals surface area contributed by atoms with Crippen LogP contribution in [0.1, 0.15) is 92.6 Å². The van der Waals surface area contributed by atoms with Gasteiger partial charge in [0, 0.05) is 12.0 Å². The number of carbonyl (C=O) groups excluding carboxylic acids is 2. The molecule has 0 saturated heterocycles. The first-order valence-electron chi connectivity index (χ1n) is 12.2. The number of rotatable bonds is 11. The average molecular weight is 427 g/mol. The number of nitrogens with one attached hydrogen (secondary N) is 1. The third-order valence-electron chi connectivity index (χ3n) is 7.26. The molecule has 0 spiro atoms. The zero-order valence-electron chi connectivity index (χ0n) is 18.2. The molecule has 4 fully saturated rings. The van der Waals surface area contributed by atoms with Crippen molar-refractivity contribution in [2.75, 3.05) is 6.61 Å². The summed E-state index contributed by atoms with van der Waals surface area (Å²) in [5.74, 6) is 2.31. The molecule has 4 saturated carbocycles.